The normalized spacial score (nSPS) is 11.8. The highest BCUT2D eigenvalue weighted by molar-refractivity contribution is 7.91. The molecule has 1 heterocycles. The molecule has 0 bridgehead atoms. The second kappa shape index (κ2) is 6.14. The molecule has 0 aliphatic rings. The van der Waals surface area contributed by atoms with Gasteiger partial charge in [0.1, 0.15) is 6.33 Å². The number of hydrogen-bond donors (Lipinski definition) is 0. The predicted molar refractivity (Wildman–Crippen MR) is 70.7 cm³/mol. The molecule has 0 atom stereocenters. The minimum absolute atomic E-state index is 0.0115. The lowest BCUT2D eigenvalue weighted by Gasteiger charge is -2.24. The van der Waals surface area contributed by atoms with Crippen LogP contribution in [-0.2, 0) is 9.84 Å². The Kier molecular flexibility index (Phi) is 5.04. The Labute approximate surface area is 113 Å². The molecule has 0 unspecified atom stereocenters. The Hall–Kier alpha value is -1.44. The van der Waals surface area contributed by atoms with Gasteiger partial charge in [-0.25, -0.2) is 18.2 Å². The first-order chi connectivity index (χ1) is 8.83. The zero-order valence-electron chi connectivity index (χ0n) is 11.7. The van der Waals surface area contributed by atoms with Gasteiger partial charge in [-0.2, -0.15) is 4.68 Å². The second-order valence-electron chi connectivity index (χ2n) is 4.45. The Morgan fingerprint density at radius 1 is 1.42 bits per heavy atom. The minimum atomic E-state index is -3.49. The van der Waals surface area contributed by atoms with Gasteiger partial charge in [0.05, 0.1) is 5.75 Å². The minimum Gasteiger partial charge on any atom is -0.321 e. The average molecular weight is 288 g/mol. The van der Waals surface area contributed by atoms with Gasteiger partial charge in [0, 0.05) is 12.6 Å². The van der Waals surface area contributed by atoms with Crippen molar-refractivity contribution in [1.82, 2.24) is 19.7 Å². The van der Waals surface area contributed by atoms with Crippen molar-refractivity contribution in [3.63, 3.8) is 0 Å². The maximum Gasteiger partial charge on any atom is 0.346 e. The number of aromatic nitrogens is 3. The lowest BCUT2D eigenvalue weighted by Crippen LogP contribution is -2.39. The largest absolute Gasteiger partial charge is 0.346 e. The number of sulfone groups is 1. The van der Waals surface area contributed by atoms with Gasteiger partial charge in [-0.15, -0.1) is 5.10 Å². The van der Waals surface area contributed by atoms with Crippen molar-refractivity contribution in [1.29, 1.82) is 0 Å². The summed E-state index contributed by atoms with van der Waals surface area (Å²) in [5.74, 6) is -0.0210. The van der Waals surface area contributed by atoms with Crippen LogP contribution in [0.4, 0.5) is 4.79 Å². The molecule has 1 rings (SSSR count). The number of rotatable bonds is 5. The molecule has 0 radical (unpaired) electrons. The van der Waals surface area contributed by atoms with Crippen LogP contribution in [0, 0.1) is 0 Å². The van der Waals surface area contributed by atoms with Crippen LogP contribution in [0.2, 0.25) is 0 Å². The van der Waals surface area contributed by atoms with Crippen molar-refractivity contribution in [2.24, 2.45) is 0 Å². The summed E-state index contributed by atoms with van der Waals surface area (Å²) >= 11 is 0. The van der Waals surface area contributed by atoms with Gasteiger partial charge < -0.3 is 4.90 Å². The maximum absolute atomic E-state index is 12.1. The predicted octanol–water partition coefficient (Wildman–Crippen LogP) is 1.16. The molecule has 0 aromatic carbocycles. The van der Waals surface area contributed by atoms with E-state index in [2.05, 4.69) is 10.1 Å². The first-order valence-electron chi connectivity index (χ1n) is 6.28. The fourth-order valence-electron chi connectivity index (χ4n) is 1.70. The van der Waals surface area contributed by atoms with Gasteiger partial charge >= 0.3 is 6.03 Å². The zero-order chi connectivity index (χ0) is 14.6. The van der Waals surface area contributed by atoms with Crippen molar-refractivity contribution in [3.8, 4) is 0 Å². The van der Waals surface area contributed by atoms with Gasteiger partial charge in [0.2, 0.25) is 9.84 Å². The third-order valence-electron chi connectivity index (χ3n) is 2.63. The molecular formula is C11H20N4O3S. The van der Waals surface area contributed by atoms with Gasteiger partial charge in [-0.05, 0) is 27.2 Å². The molecule has 0 fully saturated rings. The summed E-state index contributed by atoms with van der Waals surface area (Å²) in [5, 5.41) is 3.49. The molecule has 1 aromatic rings. The van der Waals surface area contributed by atoms with Crippen molar-refractivity contribution < 1.29 is 13.2 Å². The van der Waals surface area contributed by atoms with Gasteiger partial charge in [0.25, 0.3) is 5.16 Å². The lowest BCUT2D eigenvalue weighted by molar-refractivity contribution is 0.185. The van der Waals surface area contributed by atoms with Crippen molar-refractivity contribution in [2.75, 3.05) is 12.3 Å². The smallest absolute Gasteiger partial charge is 0.321 e. The lowest BCUT2D eigenvalue weighted by atomic mass is 10.3. The van der Waals surface area contributed by atoms with Gasteiger partial charge in [-0.1, -0.05) is 6.92 Å². The molecule has 0 spiro atoms. The Morgan fingerprint density at radius 3 is 2.53 bits per heavy atom. The summed E-state index contributed by atoms with van der Waals surface area (Å²) in [6.07, 6.45) is 1.63. The van der Waals surface area contributed by atoms with Gasteiger partial charge in [0.15, 0.2) is 0 Å². The van der Waals surface area contributed by atoms with Crippen LogP contribution in [-0.4, -0.2) is 52.5 Å². The standard InChI is InChI=1S/C11H20N4O3S/c1-5-7-19(17,18)10-12-8-15(13-10)11(16)14(6-2)9(3)4/h8-9H,5-7H2,1-4H3. The first kappa shape index (κ1) is 15.6. The van der Waals surface area contributed by atoms with Crippen LogP contribution in [0.25, 0.3) is 0 Å². The van der Waals surface area contributed by atoms with E-state index >= 15 is 0 Å². The quantitative estimate of drug-likeness (QED) is 0.811. The highest BCUT2D eigenvalue weighted by Crippen LogP contribution is 2.07. The van der Waals surface area contributed by atoms with Crippen LogP contribution < -0.4 is 0 Å². The number of carbonyl (C=O) groups excluding carboxylic acids is 1. The summed E-state index contributed by atoms with van der Waals surface area (Å²) < 4.78 is 24.5. The molecule has 0 saturated heterocycles. The molecular weight excluding hydrogens is 268 g/mol. The van der Waals surface area contributed by atoms with E-state index in [4.69, 9.17) is 0 Å². The molecule has 0 aliphatic carbocycles. The molecule has 108 valence electrons. The topological polar surface area (TPSA) is 85.2 Å². The molecule has 19 heavy (non-hydrogen) atoms. The van der Waals surface area contributed by atoms with E-state index in [1.54, 1.807) is 11.8 Å². The highest BCUT2D eigenvalue weighted by Gasteiger charge is 2.23. The molecule has 1 aromatic heterocycles. The zero-order valence-corrected chi connectivity index (χ0v) is 12.5. The summed E-state index contributed by atoms with van der Waals surface area (Å²) in [4.78, 5) is 17.4. The van der Waals surface area contributed by atoms with E-state index in [1.165, 1.54) is 0 Å². The molecule has 0 saturated carbocycles. The maximum atomic E-state index is 12.1. The summed E-state index contributed by atoms with van der Waals surface area (Å²) in [6, 6.07) is -0.361. The number of hydrogen-bond acceptors (Lipinski definition) is 5. The van der Waals surface area contributed by atoms with Crippen molar-refractivity contribution in [3.05, 3.63) is 6.33 Å². The number of amides is 1. The Bertz CT molecular complexity index is 536. The Balaban J connectivity index is 3.00. The van der Waals surface area contributed by atoms with Crippen LogP contribution in [0.15, 0.2) is 11.5 Å². The summed E-state index contributed by atoms with van der Waals surface area (Å²) in [7, 11) is -3.49. The van der Waals surface area contributed by atoms with E-state index in [0.29, 0.717) is 13.0 Å². The van der Waals surface area contributed by atoms with Crippen molar-refractivity contribution in [2.45, 2.75) is 45.3 Å². The van der Waals surface area contributed by atoms with E-state index in [1.807, 2.05) is 20.8 Å². The second-order valence-corrected chi connectivity index (χ2v) is 6.46. The fraction of sp³-hybridized carbons (Fsp3) is 0.727. The van der Waals surface area contributed by atoms with Crippen LogP contribution in [0.3, 0.4) is 0 Å². The first-order valence-corrected chi connectivity index (χ1v) is 7.94. The number of nitrogens with zero attached hydrogens (tertiary/aromatic N) is 4. The van der Waals surface area contributed by atoms with Crippen LogP contribution in [0.5, 0.6) is 0 Å². The Morgan fingerprint density at radius 2 is 2.05 bits per heavy atom. The average Bonchev–Trinajstić information content (AvgIpc) is 2.78. The van der Waals surface area contributed by atoms with E-state index < -0.39 is 9.84 Å². The third kappa shape index (κ3) is 3.52. The molecule has 0 N–H and O–H groups in total. The highest BCUT2D eigenvalue weighted by atomic mass is 32.2. The molecule has 1 amide bonds. The van der Waals surface area contributed by atoms with Crippen LogP contribution in [0.1, 0.15) is 34.1 Å². The van der Waals surface area contributed by atoms with Crippen molar-refractivity contribution >= 4 is 15.9 Å². The molecule has 8 heteroatoms. The fourth-order valence-corrected chi connectivity index (χ4v) is 2.84. The van der Waals surface area contributed by atoms with E-state index in [-0.39, 0.29) is 23.0 Å². The van der Waals surface area contributed by atoms with E-state index in [9.17, 15) is 13.2 Å². The molecule has 0 aliphatic heterocycles. The van der Waals surface area contributed by atoms with E-state index in [0.717, 1.165) is 11.0 Å². The molecule has 7 nitrogen and oxygen atoms in total. The van der Waals surface area contributed by atoms with Crippen LogP contribution >= 0.6 is 0 Å². The third-order valence-corrected chi connectivity index (χ3v) is 4.32. The SMILES string of the molecule is CCCS(=O)(=O)c1ncn(C(=O)N(CC)C(C)C)n1. The van der Waals surface area contributed by atoms with Gasteiger partial charge in [-0.3, -0.25) is 0 Å². The summed E-state index contributed by atoms with van der Waals surface area (Å²) in [5.41, 5.74) is 0. The summed E-state index contributed by atoms with van der Waals surface area (Å²) in [6.45, 7) is 7.90. The number of carbonyl (C=O) groups is 1. The monoisotopic (exact) mass is 288 g/mol.